The highest BCUT2D eigenvalue weighted by Crippen LogP contribution is 2.14. The number of carbonyl (C=O) groups excluding carboxylic acids is 2. The van der Waals surface area contributed by atoms with Crippen molar-refractivity contribution in [2.75, 3.05) is 25.5 Å². The van der Waals surface area contributed by atoms with Gasteiger partial charge in [0.2, 0.25) is 5.91 Å². The fraction of sp³-hybridized carbons (Fsp3) is 0.231. The molecule has 166 valence electrons. The lowest BCUT2D eigenvalue weighted by molar-refractivity contribution is -0.122. The molecule has 0 radical (unpaired) electrons. The average molecular weight is 432 g/mol. The van der Waals surface area contributed by atoms with Crippen LogP contribution in [0, 0.1) is 6.92 Å². The molecule has 0 spiro atoms. The Morgan fingerprint density at radius 3 is 2.34 bits per heavy atom. The van der Waals surface area contributed by atoms with Crippen LogP contribution in [0.4, 0.5) is 5.69 Å². The Kier molecular flexibility index (Phi) is 8.26. The van der Waals surface area contributed by atoms with E-state index in [0.29, 0.717) is 25.1 Å². The summed E-state index contributed by atoms with van der Waals surface area (Å²) in [6, 6.07) is 23.9. The minimum absolute atomic E-state index is 0.216. The van der Waals surface area contributed by atoms with E-state index in [-0.39, 0.29) is 11.8 Å². The molecule has 1 atom stereocenters. The zero-order chi connectivity index (χ0) is 22.8. The van der Waals surface area contributed by atoms with Crippen molar-refractivity contribution in [3.05, 3.63) is 95.6 Å². The van der Waals surface area contributed by atoms with Crippen molar-refractivity contribution in [3.8, 4) is 5.75 Å². The van der Waals surface area contributed by atoms with Crippen LogP contribution in [0.1, 0.15) is 21.5 Å². The summed E-state index contributed by atoms with van der Waals surface area (Å²) >= 11 is 0. The highest BCUT2D eigenvalue weighted by atomic mass is 16.5. The molecule has 6 nitrogen and oxygen atoms in total. The normalized spacial score (nSPS) is 11.3. The van der Waals surface area contributed by atoms with E-state index >= 15 is 0 Å². The van der Waals surface area contributed by atoms with Crippen molar-refractivity contribution in [2.24, 2.45) is 0 Å². The third kappa shape index (κ3) is 6.87. The summed E-state index contributed by atoms with van der Waals surface area (Å²) in [5.74, 6) is 0.310. The van der Waals surface area contributed by atoms with E-state index in [4.69, 9.17) is 4.74 Å². The molecule has 3 rings (SSSR count). The average Bonchev–Trinajstić information content (AvgIpc) is 2.82. The maximum absolute atomic E-state index is 12.9. The summed E-state index contributed by atoms with van der Waals surface area (Å²) in [6.07, 6.45) is 0.413. The predicted octanol–water partition coefficient (Wildman–Crippen LogP) is 3.57. The van der Waals surface area contributed by atoms with Gasteiger partial charge in [0.15, 0.2) is 0 Å². The van der Waals surface area contributed by atoms with Gasteiger partial charge in [-0.15, -0.1) is 0 Å². The SMILES string of the molecule is COc1ccc(NCCNC(=O)[C@H](Cc2ccccc2)NC(=O)c2cccc(C)c2)cc1. The number of hydrogen-bond acceptors (Lipinski definition) is 4. The van der Waals surface area contributed by atoms with Gasteiger partial charge in [-0.05, 0) is 48.9 Å². The quantitative estimate of drug-likeness (QED) is 0.429. The van der Waals surface area contributed by atoms with Gasteiger partial charge in [0.05, 0.1) is 7.11 Å². The maximum atomic E-state index is 12.9. The lowest BCUT2D eigenvalue weighted by atomic mass is 10.0. The minimum Gasteiger partial charge on any atom is -0.497 e. The van der Waals surface area contributed by atoms with Gasteiger partial charge in [-0.25, -0.2) is 0 Å². The third-order valence-electron chi connectivity index (χ3n) is 5.03. The highest BCUT2D eigenvalue weighted by Gasteiger charge is 2.21. The van der Waals surface area contributed by atoms with E-state index in [0.717, 1.165) is 22.6 Å². The molecule has 0 bridgehead atoms. The number of rotatable bonds is 10. The lowest BCUT2D eigenvalue weighted by Gasteiger charge is -2.19. The van der Waals surface area contributed by atoms with Gasteiger partial charge in [-0.3, -0.25) is 9.59 Å². The van der Waals surface area contributed by atoms with Crippen LogP contribution in [0.5, 0.6) is 5.75 Å². The van der Waals surface area contributed by atoms with E-state index in [1.807, 2.05) is 79.7 Å². The second kappa shape index (κ2) is 11.6. The summed E-state index contributed by atoms with van der Waals surface area (Å²) in [4.78, 5) is 25.7. The number of ether oxygens (including phenoxy) is 1. The Balaban J connectivity index is 1.58. The number of nitrogens with one attached hydrogen (secondary N) is 3. The molecule has 0 fully saturated rings. The molecule has 3 aromatic carbocycles. The van der Waals surface area contributed by atoms with E-state index in [2.05, 4.69) is 16.0 Å². The second-order valence-corrected chi connectivity index (χ2v) is 7.53. The van der Waals surface area contributed by atoms with Crippen molar-refractivity contribution >= 4 is 17.5 Å². The third-order valence-corrected chi connectivity index (χ3v) is 5.03. The van der Waals surface area contributed by atoms with E-state index < -0.39 is 6.04 Å². The van der Waals surface area contributed by atoms with Crippen LogP contribution in [0.3, 0.4) is 0 Å². The van der Waals surface area contributed by atoms with Crippen molar-refractivity contribution < 1.29 is 14.3 Å². The van der Waals surface area contributed by atoms with Gasteiger partial charge < -0.3 is 20.7 Å². The molecule has 0 aliphatic rings. The molecular formula is C26H29N3O3. The van der Waals surface area contributed by atoms with Gasteiger partial charge >= 0.3 is 0 Å². The molecule has 0 aliphatic heterocycles. The Morgan fingerprint density at radius 2 is 1.66 bits per heavy atom. The zero-order valence-corrected chi connectivity index (χ0v) is 18.4. The number of anilines is 1. The zero-order valence-electron chi connectivity index (χ0n) is 18.4. The molecule has 32 heavy (non-hydrogen) atoms. The molecular weight excluding hydrogens is 402 g/mol. The van der Waals surface area contributed by atoms with Crippen LogP contribution in [-0.4, -0.2) is 38.1 Å². The summed E-state index contributed by atoms with van der Waals surface area (Å²) in [5.41, 5.74) is 3.45. The largest absolute Gasteiger partial charge is 0.497 e. The smallest absolute Gasteiger partial charge is 0.251 e. The molecule has 0 saturated heterocycles. The fourth-order valence-corrected chi connectivity index (χ4v) is 3.31. The first-order valence-electron chi connectivity index (χ1n) is 10.6. The first-order chi connectivity index (χ1) is 15.5. The van der Waals surface area contributed by atoms with E-state index in [1.54, 1.807) is 13.2 Å². The molecule has 0 saturated carbocycles. The van der Waals surface area contributed by atoms with Gasteiger partial charge in [0.25, 0.3) is 5.91 Å². The van der Waals surface area contributed by atoms with Gasteiger partial charge in [0.1, 0.15) is 11.8 Å². The van der Waals surface area contributed by atoms with Gasteiger partial charge in [-0.1, -0.05) is 48.0 Å². The van der Waals surface area contributed by atoms with E-state index in [1.165, 1.54) is 0 Å². The van der Waals surface area contributed by atoms with Gasteiger partial charge in [-0.2, -0.15) is 0 Å². The van der Waals surface area contributed by atoms with E-state index in [9.17, 15) is 9.59 Å². The Labute approximate surface area is 189 Å². The number of aryl methyl sites for hydroxylation is 1. The van der Waals surface area contributed by atoms with Crippen LogP contribution in [0.25, 0.3) is 0 Å². The molecule has 0 aromatic heterocycles. The van der Waals surface area contributed by atoms with Crippen molar-refractivity contribution in [3.63, 3.8) is 0 Å². The topological polar surface area (TPSA) is 79.5 Å². The van der Waals surface area contributed by atoms with Crippen molar-refractivity contribution in [1.29, 1.82) is 0 Å². The number of hydrogen-bond donors (Lipinski definition) is 3. The van der Waals surface area contributed by atoms with Crippen LogP contribution < -0.4 is 20.7 Å². The molecule has 6 heteroatoms. The standard InChI is InChI=1S/C26H29N3O3/c1-19-7-6-10-21(17-19)25(30)29-24(18-20-8-4-3-5-9-20)26(31)28-16-15-27-22-11-13-23(32-2)14-12-22/h3-14,17,24,27H,15-16,18H2,1-2H3,(H,28,31)(H,29,30)/t24-/m0/s1. The maximum Gasteiger partial charge on any atom is 0.251 e. The number of carbonyl (C=O) groups is 2. The number of methoxy groups -OCH3 is 1. The molecule has 0 heterocycles. The molecule has 0 unspecified atom stereocenters. The second-order valence-electron chi connectivity index (χ2n) is 7.53. The Morgan fingerprint density at radius 1 is 0.906 bits per heavy atom. The van der Waals surface area contributed by atoms with Crippen LogP contribution in [0.2, 0.25) is 0 Å². The van der Waals surface area contributed by atoms with Crippen molar-refractivity contribution in [2.45, 2.75) is 19.4 Å². The molecule has 3 aromatic rings. The Bertz CT molecular complexity index is 1020. The monoisotopic (exact) mass is 431 g/mol. The first kappa shape index (κ1) is 22.9. The number of benzene rings is 3. The summed E-state index contributed by atoms with van der Waals surface area (Å²) in [6.45, 7) is 2.92. The van der Waals surface area contributed by atoms with Gasteiger partial charge in [0, 0.05) is 30.8 Å². The first-order valence-corrected chi connectivity index (χ1v) is 10.6. The predicted molar refractivity (Wildman–Crippen MR) is 127 cm³/mol. The van der Waals surface area contributed by atoms with Crippen molar-refractivity contribution in [1.82, 2.24) is 10.6 Å². The van der Waals surface area contributed by atoms with Crippen LogP contribution >= 0.6 is 0 Å². The highest BCUT2D eigenvalue weighted by molar-refractivity contribution is 5.97. The lowest BCUT2D eigenvalue weighted by Crippen LogP contribution is -2.48. The summed E-state index contributed by atoms with van der Waals surface area (Å²) in [7, 11) is 1.63. The van der Waals surface area contributed by atoms with Crippen LogP contribution in [0.15, 0.2) is 78.9 Å². The molecule has 2 amide bonds. The molecule has 3 N–H and O–H groups in total. The summed E-state index contributed by atoms with van der Waals surface area (Å²) in [5, 5.41) is 9.07. The Hall–Kier alpha value is -3.80. The summed E-state index contributed by atoms with van der Waals surface area (Å²) < 4.78 is 5.15. The van der Waals surface area contributed by atoms with Crippen LogP contribution in [-0.2, 0) is 11.2 Å². The molecule has 0 aliphatic carbocycles. The minimum atomic E-state index is -0.675. The fourth-order valence-electron chi connectivity index (χ4n) is 3.31. The number of amides is 2.